The summed E-state index contributed by atoms with van der Waals surface area (Å²) in [5.74, 6) is -1.29. The zero-order chi connectivity index (χ0) is 33.3. The zero-order valence-corrected chi connectivity index (χ0v) is 26.7. The largest absolute Gasteiger partial charge is 0.388 e. The number of carbonyl (C=O) groups excluding carboxylic acids is 2. The predicted molar refractivity (Wildman–Crippen MR) is 180 cm³/mol. The van der Waals surface area contributed by atoms with Gasteiger partial charge in [-0.15, -0.1) is 0 Å². The van der Waals surface area contributed by atoms with Crippen LogP contribution in [0.2, 0.25) is 0 Å². The number of amides is 2. The van der Waals surface area contributed by atoms with E-state index in [4.69, 9.17) is 0 Å². The lowest BCUT2D eigenvalue weighted by atomic mass is 9.78. The van der Waals surface area contributed by atoms with E-state index in [2.05, 4.69) is 22.4 Å². The number of fused-ring (bicyclic) bond motifs is 2. The van der Waals surface area contributed by atoms with Crippen molar-refractivity contribution in [3.63, 3.8) is 0 Å². The van der Waals surface area contributed by atoms with Gasteiger partial charge in [0, 0.05) is 17.8 Å². The van der Waals surface area contributed by atoms with Crippen LogP contribution in [0.4, 0.5) is 14.5 Å². The van der Waals surface area contributed by atoms with Crippen molar-refractivity contribution in [2.24, 2.45) is 10.9 Å². The average molecular weight is 650 g/mol. The van der Waals surface area contributed by atoms with E-state index in [0.29, 0.717) is 37.1 Å². The number of anilines is 1. The average Bonchev–Trinajstić information content (AvgIpc) is 3.08. The third-order valence-corrected chi connectivity index (χ3v) is 9.99. The SMILES string of the molecule is O=C(Cc1ccc(C[N+]23CCN=C(C2)C3)cc1)NCc1ccc(C2C(CCC(O)c3ccc(F)cc3)C(=O)N2c2ccc(F)cc2)cc1. The summed E-state index contributed by atoms with van der Waals surface area (Å²) in [6.07, 6.45) is 0.231. The van der Waals surface area contributed by atoms with E-state index < -0.39 is 6.10 Å². The molecule has 3 unspecified atom stereocenters. The molecule has 7 nitrogen and oxygen atoms in total. The van der Waals surface area contributed by atoms with Crippen molar-refractivity contribution >= 4 is 23.2 Å². The quantitative estimate of drug-likeness (QED) is 0.150. The molecule has 4 aromatic rings. The van der Waals surface area contributed by atoms with Gasteiger partial charge in [0.2, 0.25) is 11.8 Å². The second kappa shape index (κ2) is 13.4. The molecule has 4 aliphatic rings. The van der Waals surface area contributed by atoms with Gasteiger partial charge >= 0.3 is 0 Å². The summed E-state index contributed by atoms with van der Waals surface area (Å²) in [5, 5.41) is 13.7. The van der Waals surface area contributed by atoms with Gasteiger partial charge < -0.3 is 19.8 Å². The van der Waals surface area contributed by atoms with Crippen molar-refractivity contribution in [1.29, 1.82) is 0 Å². The number of halogens is 2. The Labute approximate surface area is 279 Å². The Morgan fingerprint density at radius 3 is 2.15 bits per heavy atom. The number of carbonyl (C=O) groups is 2. The molecule has 0 aliphatic carbocycles. The lowest BCUT2D eigenvalue weighted by Gasteiger charge is -2.48. The van der Waals surface area contributed by atoms with E-state index in [-0.39, 0.29) is 35.4 Å². The Morgan fingerprint density at radius 1 is 0.875 bits per heavy atom. The molecule has 48 heavy (non-hydrogen) atoms. The summed E-state index contributed by atoms with van der Waals surface area (Å²) in [4.78, 5) is 32.4. The van der Waals surface area contributed by atoms with Crippen LogP contribution in [0.15, 0.2) is 102 Å². The maximum absolute atomic E-state index is 13.7. The fourth-order valence-corrected chi connectivity index (χ4v) is 7.32. The molecule has 9 heteroatoms. The maximum Gasteiger partial charge on any atom is 0.233 e. The van der Waals surface area contributed by atoms with Gasteiger partial charge in [0.15, 0.2) is 0 Å². The Kier molecular flexibility index (Phi) is 8.90. The van der Waals surface area contributed by atoms with Crippen molar-refractivity contribution in [1.82, 2.24) is 5.32 Å². The van der Waals surface area contributed by atoms with Crippen LogP contribution in [-0.4, -0.2) is 53.3 Å². The number of hydrogen-bond donors (Lipinski definition) is 2. The van der Waals surface area contributed by atoms with Gasteiger partial charge in [0.1, 0.15) is 37.0 Å². The van der Waals surface area contributed by atoms with Gasteiger partial charge in [0.05, 0.1) is 37.6 Å². The van der Waals surface area contributed by atoms with Crippen LogP contribution >= 0.6 is 0 Å². The molecule has 0 spiro atoms. The van der Waals surface area contributed by atoms with Crippen molar-refractivity contribution < 1.29 is 28.0 Å². The number of quaternary nitrogens is 1. The number of β-lactam (4-membered cyclic amide) rings is 1. The first-order valence-electron chi connectivity index (χ1n) is 16.6. The van der Waals surface area contributed by atoms with Crippen molar-refractivity contribution in [2.45, 2.75) is 44.5 Å². The smallest absolute Gasteiger partial charge is 0.233 e. The molecule has 2 saturated heterocycles. The summed E-state index contributed by atoms with van der Waals surface area (Å²) in [5.41, 5.74) is 6.64. The Balaban J connectivity index is 0.961. The number of benzene rings is 4. The second-order valence-electron chi connectivity index (χ2n) is 13.4. The highest BCUT2D eigenvalue weighted by Crippen LogP contribution is 2.46. The minimum absolute atomic E-state index is 0.0554. The third-order valence-electron chi connectivity index (χ3n) is 9.99. The molecule has 4 heterocycles. The van der Waals surface area contributed by atoms with Gasteiger partial charge in [-0.05, 0) is 71.5 Å². The molecule has 4 aliphatic heterocycles. The number of aliphatic imine (C=N–C) groups is 1. The molecule has 2 bridgehead atoms. The van der Waals surface area contributed by atoms with E-state index in [1.165, 1.54) is 35.5 Å². The van der Waals surface area contributed by atoms with E-state index >= 15 is 0 Å². The zero-order valence-electron chi connectivity index (χ0n) is 26.7. The molecule has 246 valence electrons. The van der Waals surface area contributed by atoms with Crippen molar-refractivity contribution in [2.75, 3.05) is 31.1 Å². The van der Waals surface area contributed by atoms with E-state index in [1.807, 2.05) is 36.4 Å². The summed E-state index contributed by atoms with van der Waals surface area (Å²) >= 11 is 0. The standard InChI is InChI=1S/C39H38F2N4O3/c40-31-11-9-29(10-12-31)36(46)18-17-35-38(44(39(35)48)34-15-13-32(41)14-16-34)30-7-5-27(6-8-30)22-43-37(47)21-26-1-3-28(4-2-26)23-45-20-19-42-33(24-45)25-45/h1-16,35-36,38,46H,17-25H2/p+1. The van der Waals surface area contributed by atoms with Crippen molar-refractivity contribution in [3.8, 4) is 0 Å². The predicted octanol–water partition coefficient (Wildman–Crippen LogP) is 5.83. The number of aliphatic hydroxyl groups is 1. The number of nitrogens with zero attached hydrogens (tertiary/aromatic N) is 3. The fourth-order valence-electron chi connectivity index (χ4n) is 7.32. The first-order valence-corrected chi connectivity index (χ1v) is 16.6. The topological polar surface area (TPSA) is 82.0 Å². The van der Waals surface area contributed by atoms with E-state index in [9.17, 15) is 23.5 Å². The number of hydrogen-bond acceptors (Lipinski definition) is 4. The summed E-state index contributed by atoms with van der Waals surface area (Å²) in [6.45, 7) is 5.55. The monoisotopic (exact) mass is 649 g/mol. The Morgan fingerprint density at radius 2 is 1.50 bits per heavy atom. The van der Waals surface area contributed by atoms with Crippen LogP contribution in [0.25, 0.3) is 0 Å². The van der Waals surface area contributed by atoms with Crippen LogP contribution in [0.1, 0.15) is 52.8 Å². The molecule has 2 amide bonds. The van der Waals surface area contributed by atoms with Crippen LogP contribution in [0, 0.1) is 17.6 Å². The van der Waals surface area contributed by atoms with Crippen LogP contribution in [0.3, 0.4) is 0 Å². The summed E-state index contributed by atoms with van der Waals surface area (Å²) in [6, 6.07) is 27.4. The first-order chi connectivity index (χ1) is 23.2. The Hall–Kier alpha value is -4.73. The molecule has 2 N–H and O–H groups in total. The maximum atomic E-state index is 13.7. The van der Waals surface area contributed by atoms with Crippen LogP contribution in [-0.2, 0) is 29.1 Å². The van der Waals surface area contributed by atoms with Gasteiger partial charge in [-0.25, -0.2) is 8.78 Å². The highest BCUT2D eigenvalue weighted by atomic mass is 19.1. The minimum Gasteiger partial charge on any atom is -0.388 e. The number of rotatable bonds is 12. The summed E-state index contributed by atoms with van der Waals surface area (Å²) < 4.78 is 28.1. The Bertz CT molecular complexity index is 1800. The number of nitrogens with one attached hydrogen (secondary N) is 1. The molecule has 0 radical (unpaired) electrons. The molecule has 4 aromatic carbocycles. The molecular weight excluding hydrogens is 610 g/mol. The first kappa shape index (κ1) is 31.8. The summed E-state index contributed by atoms with van der Waals surface area (Å²) in [7, 11) is 0. The van der Waals surface area contributed by atoms with Gasteiger partial charge in [0.25, 0.3) is 0 Å². The minimum atomic E-state index is -0.829. The molecule has 0 saturated carbocycles. The van der Waals surface area contributed by atoms with Gasteiger partial charge in [-0.2, -0.15) is 0 Å². The lowest BCUT2D eigenvalue weighted by molar-refractivity contribution is -0.946. The van der Waals surface area contributed by atoms with Gasteiger partial charge in [-0.1, -0.05) is 60.7 Å². The molecular formula is C39H39F2N4O3+. The molecule has 3 atom stereocenters. The molecule has 0 aromatic heterocycles. The number of aliphatic hydroxyl groups excluding tert-OH is 1. The third kappa shape index (κ3) is 6.79. The van der Waals surface area contributed by atoms with Gasteiger partial charge in [-0.3, -0.25) is 14.6 Å². The highest BCUT2D eigenvalue weighted by molar-refractivity contribution is 6.03. The highest BCUT2D eigenvalue weighted by Gasteiger charge is 2.48. The lowest BCUT2D eigenvalue weighted by Crippen LogP contribution is -2.67. The van der Waals surface area contributed by atoms with Crippen molar-refractivity contribution in [3.05, 3.63) is 137 Å². The van der Waals surface area contributed by atoms with E-state index in [1.54, 1.807) is 29.2 Å². The van der Waals surface area contributed by atoms with Crippen LogP contribution < -0.4 is 10.2 Å². The normalized spacial score (nSPS) is 19.9. The molecule has 2 fully saturated rings. The molecule has 8 rings (SSSR count). The van der Waals surface area contributed by atoms with E-state index in [0.717, 1.165) is 53.9 Å². The second-order valence-corrected chi connectivity index (χ2v) is 13.4. The fraction of sp³-hybridized carbons (Fsp3) is 0.308. The van der Waals surface area contributed by atoms with Crippen LogP contribution in [0.5, 0.6) is 0 Å².